The Morgan fingerprint density at radius 3 is 2.16 bits per heavy atom. The van der Waals surface area contributed by atoms with Gasteiger partial charge >= 0.3 is 0 Å². The minimum atomic E-state index is -1.02. The summed E-state index contributed by atoms with van der Waals surface area (Å²) in [6.07, 6.45) is 0.456. The Bertz CT molecular complexity index is 1030. The third kappa shape index (κ3) is 1.75. The van der Waals surface area contributed by atoms with E-state index in [1.807, 2.05) is 31.3 Å². The van der Waals surface area contributed by atoms with Crippen molar-refractivity contribution in [3.05, 3.63) is 77.4 Å². The van der Waals surface area contributed by atoms with Gasteiger partial charge in [0.05, 0.1) is 0 Å². The molecule has 122 valence electrons. The van der Waals surface area contributed by atoms with E-state index in [2.05, 4.69) is 29.2 Å². The second-order valence-corrected chi connectivity index (χ2v) is 7.11. The van der Waals surface area contributed by atoms with Crippen molar-refractivity contribution in [3.63, 3.8) is 0 Å². The van der Waals surface area contributed by atoms with E-state index in [9.17, 15) is 9.59 Å². The first-order chi connectivity index (χ1) is 12.1. The summed E-state index contributed by atoms with van der Waals surface area (Å²) in [5.41, 5.74) is 2.28. The van der Waals surface area contributed by atoms with Gasteiger partial charge in [0.1, 0.15) is 5.41 Å². The molecule has 0 radical (unpaired) electrons. The summed E-state index contributed by atoms with van der Waals surface area (Å²) < 4.78 is 0. The zero-order valence-electron chi connectivity index (χ0n) is 14.0. The Morgan fingerprint density at radius 1 is 0.840 bits per heavy atom. The molecule has 1 aliphatic carbocycles. The molecule has 0 N–H and O–H groups in total. The van der Waals surface area contributed by atoms with Gasteiger partial charge in [0.25, 0.3) is 0 Å². The summed E-state index contributed by atoms with van der Waals surface area (Å²) in [5, 5.41) is 2.30. The van der Waals surface area contributed by atoms with Crippen molar-refractivity contribution in [2.24, 2.45) is 5.41 Å². The van der Waals surface area contributed by atoms with Gasteiger partial charge < -0.3 is 4.90 Å². The van der Waals surface area contributed by atoms with Crippen LogP contribution >= 0.6 is 0 Å². The maximum absolute atomic E-state index is 13.3. The lowest BCUT2D eigenvalue weighted by Crippen LogP contribution is -2.44. The lowest BCUT2D eigenvalue weighted by atomic mass is 9.77. The van der Waals surface area contributed by atoms with Crippen molar-refractivity contribution in [1.29, 1.82) is 0 Å². The number of hydrogen-bond acceptors (Lipinski definition) is 3. The second-order valence-electron chi connectivity index (χ2n) is 7.11. The minimum absolute atomic E-state index is 0.0373. The predicted molar refractivity (Wildman–Crippen MR) is 98.5 cm³/mol. The molecule has 2 aliphatic rings. The molecule has 3 aromatic carbocycles. The number of Topliss-reactive ketones (excluding diaryl/α,β-unsaturated/α-hetero) is 2. The summed E-state index contributed by atoms with van der Waals surface area (Å²) in [6, 6.07) is 19.6. The van der Waals surface area contributed by atoms with Crippen LogP contribution in [0.3, 0.4) is 0 Å². The molecule has 1 heterocycles. The predicted octanol–water partition coefficient (Wildman–Crippen LogP) is 3.90. The van der Waals surface area contributed by atoms with E-state index in [0.29, 0.717) is 24.1 Å². The van der Waals surface area contributed by atoms with Crippen molar-refractivity contribution in [1.82, 2.24) is 0 Å². The first-order valence-corrected chi connectivity index (χ1v) is 8.52. The number of anilines is 1. The van der Waals surface area contributed by atoms with Gasteiger partial charge in [0.2, 0.25) is 0 Å². The Kier molecular flexibility index (Phi) is 2.76. The van der Waals surface area contributed by atoms with Crippen molar-refractivity contribution in [2.45, 2.75) is 6.42 Å². The fraction of sp³-hybridized carbons (Fsp3) is 0.182. The quantitative estimate of drug-likeness (QED) is 0.588. The maximum atomic E-state index is 13.3. The smallest absolute Gasteiger partial charge is 0.179 e. The molecule has 1 spiro atoms. The monoisotopic (exact) mass is 327 g/mol. The SMILES string of the molecule is CN1CC2(Cc3cccc4cccc1c34)C(=O)c1ccccc1C2=O. The van der Waals surface area contributed by atoms with E-state index in [4.69, 9.17) is 0 Å². The average Bonchev–Trinajstić information content (AvgIpc) is 2.76. The van der Waals surface area contributed by atoms with Gasteiger partial charge in [-0.25, -0.2) is 0 Å². The van der Waals surface area contributed by atoms with Gasteiger partial charge in [-0.3, -0.25) is 9.59 Å². The molecular formula is C22H17NO2. The van der Waals surface area contributed by atoms with Crippen LogP contribution in [-0.2, 0) is 6.42 Å². The highest BCUT2D eigenvalue weighted by Gasteiger charge is 2.54. The topological polar surface area (TPSA) is 37.4 Å². The molecule has 0 saturated carbocycles. The highest BCUT2D eigenvalue weighted by Crippen LogP contribution is 2.45. The second kappa shape index (κ2) is 4.79. The molecule has 3 heteroatoms. The Hall–Kier alpha value is -2.94. The zero-order chi connectivity index (χ0) is 17.2. The molecule has 0 unspecified atom stereocenters. The van der Waals surface area contributed by atoms with Gasteiger partial charge in [0, 0.05) is 35.8 Å². The van der Waals surface area contributed by atoms with Gasteiger partial charge in [0.15, 0.2) is 11.6 Å². The highest BCUT2D eigenvalue weighted by molar-refractivity contribution is 6.30. The molecule has 0 fully saturated rings. The fourth-order valence-corrected chi connectivity index (χ4v) is 4.54. The lowest BCUT2D eigenvalue weighted by Gasteiger charge is -2.29. The van der Waals surface area contributed by atoms with Gasteiger partial charge in [-0.2, -0.15) is 0 Å². The lowest BCUT2D eigenvalue weighted by molar-refractivity contribution is 0.0707. The Morgan fingerprint density at radius 2 is 1.48 bits per heavy atom. The summed E-state index contributed by atoms with van der Waals surface area (Å²) in [6.45, 7) is 0.410. The van der Waals surface area contributed by atoms with Gasteiger partial charge in [-0.15, -0.1) is 0 Å². The van der Waals surface area contributed by atoms with E-state index >= 15 is 0 Å². The first-order valence-electron chi connectivity index (χ1n) is 8.52. The molecule has 1 aliphatic heterocycles. The fourth-order valence-electron chi connectivity index (χ4n) is 4.54. The van der Waals surface area contributed by atoms with Crippen LogP contribution in [0.5, 0.6) is 0 Å². The van der Waals surface area contributed by atoms with Crippen LogP contribution in [-0.4, -0.2) is 25.2 Å². The molecular weight excluding hydrogens is 310 g/mol. The van der Waals surface area contributed by atoms with Crippen molar-refractivity contribution in [3.8, 4) is 0 Å². The number of carbonyl (C=O) groups excluding carboxylic acids is 2. The number of nitrogens with zero attached hydrogens (tertiary/aromatic N) is 1. The van der Waals surface area contributed by atoms with Crippen LogP contribution in [0.1, 0.15) is 26.3 Å². The highest BCUT2D eigenvalue weighted by atomic mass is 16.2. The standard InChI is InChI=1S/C22H17NO2/c1-23-13-22(20(24)16-9-2-3-10-17(16)21(22)25)12-15-8-4-6-14-7-5-11-18(23)19(14)15/h2-11H,12-13H2,1H3. The van der Waals surface area contributed by atoms with Crippen molar-refractivity contribution >= 4 is 28.0 Å². The van der Waals surface area contributed by atoms with Crippen LogP contribution in [0.25, 0.3) is 10.8 Å². The summed E-state index contributed by atoms with van der Waals surface area (Å²) in [5.74, 6) is -0.0745. The first kappa shape index (κ1) is 14.4. The minimum Gasteiger partial charge on any atom is -0.373 e. The van der Waals surface area contributed by atoms with Gasteiger partial charge in [-0.1, -0.05) is 54.6 Å². The maximum Gasteiger partial charge on any atom is 0.179 e. The Labute approximate surface area is 145 Å². The van der Waals surface area contributed by atoms with Crippen LogP contribution in [0, 0.1) is 5.41 Å². The molecule has 3 aromatic rings. The number of ketones is 2. The van der Waals surface area contributed by atoms with Crippen LogP contribution in [0.15, 0.2) is 60.7 Å². The number of benzene rings is 3. The molecule has 0 saturated heterocycles. The van der Waals surface area contributed by atoms with Crippen molar-refractivity contribution < 1.29 is 9.59 Å². The summed E-state index contributed by atoms with van der Waals surface area (Å²) in [4.78, 5) is 28.7. The van der Waals surface area contributed by atoms with E-state index < -0.39 is 5.41 Å². The molecule has 3 nitrogen and oxygen atoms in total. The average molecular weight is 327 g/mol. The molecule has 0 bridgehead atoms. The van der Waals surface area contributed by atoms with Crippen LogP contribution in [0.4, 0.5) is 5.69 Å². The van der Waals surface area contributed by atoms with E-state index in [-0.39, 0.29) is 11.6 Å². The molecule has 5 rings (SSSR count). The normalized spacial score (nSPS) is 17.9. The third-order valence-electron chi connectivity index (χ3n) is 5.67. The largest absolute Gasteiger partial charge is 0.373 e. The van der Waals surface area contributed by atoms with Gasteiger partial charge in [-0.05, 0) is 23.4 Å². The van der Waals surface area contributed by atoms with Crippen LogP contribution < -0.4 is 4.90 Å². The molecule has 0 atom stereocenters. The van der Waals surface area contributed by atoms with E-state index in [0.717, 1.165) is 22.0 Å². The number of rotatable bonds is 0. The summed E-state index contributed by atoms with van der Waals surface area (Å²) >= 11 is 0. The van der Waals surface area contributed by atoms with Crippen LogP contribution in [0.2, 0.25) is 0 Å². The van der Waals surface area contributed by atoms with E-state index in [1.54, 1.807) is 12.1 Å². The number of carbonyl (C=O) groups is 2. The van der Waals surface area contributed by atoms with E-state index in [1.165, 1.54) is 0 Å². The molecule has 0 amide bonds. The summed E-state index contributed by atoms with van der Waals surface area (Å²) in [7, 11) is 1.97. The van der Waals surface area contributed by atoms with Crippen molar-refractivity contribution in [2.75, 3.05) is 18.5 Å². The zero-order valence-corrected chi connectivity index (χ0v) is 14.0. The Balaban J connectivity index is 1.77. The third-order valence-corrected chi connectivity index (χ3v) is 5.67. The number of fused-ring (bicyclic) bond motifs is 1. The molecule has 0 aromatic heterocycles. The number of hydrogen-bond donors (Lipinski definition) is 0. The molecule has 25 heavy (non-hydrogen) atoms.